The number of nitrogens with zero attached hydrogens (tertiary/aromatic N) is 1. The lowest BCUT2D eigenvalue weighted by atomic mass is 10.2. The molecule has 0 fully saturated rings. The van der Waals surface area contributed by atoms with Crippen LogP contribution >= 0.6 is 11.6 Å². The molecule has 23 heavy (non-hydrogen) atoms. The van der Waals surface area contributed by atoms with Crippen LogP contribution in [0.2, 0.25) is 5.02 Å². The summed E-state index contributed by atoms with van der Waals surface area (Å²) < 4.78 is 0. The summed E-state index contributed by atoms with van der Waals surface area (Å²) in [6, 6.07) is 16.9. The molecule has 1 amide bonds. The molecular formula is C18H12ClN3O. The number of para-hydroxylation sites is 1. The summed E-state index contributed by atoms with van der Waals surface area (Å²) >= 11 is 5.96. The van der Waals surface area contributed by atoms with E-state index in [-0.39, 0.29) is 5.91 Å². The van der Waals surface area contributed by atoms with Crippen molar-refractivity contribution in [3.63, 3.8) is 0 Å². The Labute approximate surface area is 137 Å². The van der Waals surface area contributed by atoms with Crippen LogP contribution < -0.4 is 5.32 Å². The molecule has 2 aromatic heterocycles. The zero-order chi connectivity index (χ0) is 15.8. The standard InChI is InChI=1S/C18H12ClN3O/c19-13-6-5-12-8-17(22-16(12)9-13)18(23)21-14-7-11-3-1-2-4-15(11)20-10-14/h1-10,22H,(H,21,23). The number of carbonyl (C=O) groups excluding carboxylic acids is 1. The minimum atomic E-state index is -0.214. The van der Waals surface area contributed by atoms with Crippen molar-refractivity contribution in [2.24, 2.45) is 0 Å². The zero-order valence-corrected chi connectivity index (χ0v) is 12.8. The Morgan fingerprint density at radius 1 is 1.04 bits per heavy atom. The molecule has 0 saturated carbocycles. The second-order valence-corrected chi connectivity index (χ2v) is 5.72. The Morgan fingerprint density at radius 2 is 1.91 bits per heavy atom. The highest BCUT2D eigenvalue weighted by Gasteiger charge is 2.10. The third-order valence-corrected chi connectivity index (χ3v) is 3.91. The number of hydrogen-bond donors (Lipinski definition) is 2. The molecule has 0 atom stereocenters. The van der Waals surface area contributed by atoms with Crippen LogP contribution in [0.4, 0.5) is 5.69 Å². The van der Waals surface area contributed by atoms with Crippen LogP contribution in [0, 0.1) is 0 Å². The van der Waals surface area contributed by atoms with E-state index in [9.17, 15) is 4.79 Å². The van der Waals surface area contributed by atoms with E-state index >= 15 is 0 Å². The van der Waals surface area contributed by atoms with E-state index in [2.05, 4.69) is 15.3 Å². The number of halogens is 1. The first kappa shape index (κ1) is 13.8. The number of anilines is 1. The smallest absolute Gasteiger partial charge is 0.272 e. The van der Waals surface area contributed by atoms with E-state index in [1.165, 1.54) is 0 Å². The Bertz CT molecular complexity index is 1040. The van der Waals surface area contributed by atoms with Crippen molar-refractivity contribution in [2.45, 2.75) is 0 Å². The van der Waals surface area contributed by atoms with Crippen LogP contribution in [0.25, 0.3) is 21.8 Å². The van der Waals surface area contributed by atoms with Gasteiger partial charge in [0.05, 0.1) is 17.4 Å². The molecule has 0 aliphatic heterocycles. The second-order valence-electron chi connectivity index (χ2n) is 5.29. The molecule has 0 spiro atoms. The van der Waals surface area contributed by atoms with Crippen molar-refractivity contribution < 1.29 is 4.79 Å². The minimum absolute atomic E-state index is 0.214. The third-order valence-electron chi connectivity index (χ3n) is 3.68. The SMILES string of the molecule is O=C(Nc1cnc2ccccc2c1)c1cc2ccc(Cl)cc2[nH]1. The summed E-state index contributed by atoms with van der Waals surface area (Å²) in [6.45, 7) is 0. The lowest BCUT2D eigenvalue weighted by molar-refractivity contribution is 0.102. The number of rotatable bonds is 2. The fourth-order valence-corrected chi connectivity index (χ4v) is 2.73. The van der Waals surface area contributed by atoms with Gasteiger partial charge < -0.3 is 10.3 Å². The number of pyridine rings is 1. The van der Waals surface area contributed by atoms with Crippen molar-refractivity contribution in [3.05, 3.63) is 71.5 Å². The third kappa shape index (κ3) is 2.64. The summed E-state index contributed by atoms with van der Waals surface area (Å²) in [7, 11) is 0. The predicted molar refractivity (Wildman–Crippen MR) is 93.0 cm³/mol. The van der Waals surface area contributed by atoms with Gasteiger partial charge in [0, 0.05) is 21.3 Å². The van der Waals surface area contributed by atoms with Gasteiger partial charge in [0.1, 0.15) is 5.69 Å². The molecule has 0 aliphatic carbocycles. The van der Waals surface area contributed by atoms with E-state index < -0.39 is 0 Å². The molecular weight excluding hydrogens is 310 g/mol. The molecule has 0 saturated heterocycles. The minimum Gasteiger partial charge on any atom is -0.350 e. The van der Waals surface area contributed by atoms with Crippen molar-refractivity contribution in [1.29, 1.82) is 0 Å². The Morgan fingerprint density at radius 3 is 2.83 bits per heavy atom. The molecule has 4 aromatic rings. The van der Waals surface area contributed by atoms with Crippen molar-refractivity contribution >= 4 is 45.0 Å². The number of H-pyrrole nitrogens is 1. The average Bonchev–Trinajstić information content (AvgIpc) is 2.98. The Hall–Kier alpha value is -2.85. The molecule has 4 nitrogen and oxygen atoms in total. The van der Waals surface area contributed by atoms with E-state index in [0.29, 0.717) is 16.4 Å². The number of aromatic amines is 1. The molecule has 5 heteroatoms. The van der Waals surface area contributed by atoms with Gasteiger partial charge in [-0.05, 0) is 30.3 Å². The zero-order valence-electron chi connectivity index (χ0n) is 12.0. The van der Waals surface area contributed by atoms with Gasteiger partial charge in [-0.15, -0.1) is 0 Å². The van der Waals surface area contributed by atoms with Crippen LogP contribution in [-0.4, -0.2) is 15.9 Å². The number of fused-ring (bicyclic) bond motifs is 2. The number of carbonyl (C=O) groups is 1. The van der Waals surface area contributed by atoms with Crippen molar-refractivity contribution in [3.8, 4) is 0 Å². The van der Waals surface area contributed by atoms with Gasteiger partial charge >= 0.3 is 0 Å². The largest absolute Gasteiger partial charge is 0.350 e. The van der Waals surface area contributed by atoms with Crippen molar-refractivity contribution in [1.82, 2.24) is 9.97 Å². The summed E-state index contributed by atoms with van der Waals surface area (Å²) in [4.78, 5) is 19.8. The highest BCUT2D eigenvalue weighted by atomic mass is 35.5. The highest BCUT2D eigenvalue weighted by molar-refractivity contribution is 6.31. The molecule has 0 radical (unpaired) electrons. The second kappa shape index (κ2) is 5.41. The summed E-state index contributed by atoms with van der Waals surface area (Å²) in [5.74, 6) is -0.214. The van der Waals surface area contributed by atoms with Crippen LogP contribution in [-0.2, 0) is 0 Å². The van der Waals surface area contributed by atoms with Crippen LogP contribution in [0.3, 0.4) is 0 Å². The van der Waals surface area contributed by atoms with Crippen LogP contribution in [0.15, 0.2) is 60.8 Å². The summed E-state index contributed by atoms with van der Waals surface area (Å²) in [5, 5.41) is 5.41. The quantitative estimate of drug-likeness (QED) is 0.566. The molecule has 2 heterocycles. The molecule has 0 unspecified atom stereocenters. The number of benzene rings is 2. The molecule has 2 aromatic carbocycles. The van der Waals surface area contributed by atoms with Gasteiger partial charge in [-0.3, -0.25) is 9.78 Å². The maximum Gasteiger partial charge on any atom is 0.272 e. The van der Waals surface area contributed by atoms with Gasteiger partial charge in [0.25, 0.3) is 5.91 Å². The van der Waals surface area contributed by atoms with E-state index in [1.807, 2.05) is 36.4 Å². The summed E-state index contributed by atoms with van der Waals surface area (Å²) in [6.07, 6.45) is 1.65. The maximum absolute atomic E-state index is 12.4. The molecule has 112 valence electrons. The fraction of sp³-hybridized carbons (Fsp3) is 0. The fourth-order valence-electron chi connectivity index (χ4n) is 2.56. The molecule has 0 bridgehead atoms. The first-order valence-electron chi connectivity index (χ1n) is 7.13. The number of amides is 1. The normalized spacial score (nSPS) is 11.0. The summed E-state index contributed by atoms with van der Waals surface area (Å²) in [5.41, 5.74) is 2.87. The van der Waals surface area contributed by atoms with Gasteiger partial charge in [-0.1, -0.05) is 35.9 Å². The predicted octanol–water partition coefficient (Wildman–Crippen LogP) is 4.62. The molecule has 4 rings (SSSR count). The van der Waals surface area contributed by atoms with Crippen LogP contribution in [0.5, 0.6) is 0 Å². The van der Waals surface area contributed by atoms with Gasteiger partial charge in [-0.25, -0.2) is 0 Å². The number of nitrogens with one attached hydrogen (secondary N) is 2. The monoisotopic (exact) mass is 321 g/mol. The lowest BCUT2D eigenvalue weighted by Crippen LogP contribution is -2.12. The van der Waals surface area contributed by atoms with Gasteiger partial charge in [0.15, 0.2) is 0 Å². The van der Waals surface area contributed by atoms with Crippen molar-refractivity contribution in [2.75, 3.05) is 5.32 Å². The number of aromatic nitrogens is 2. The van der Waals surface area contributed by atoms with Gasteiger partial charge in [0.2, 0.25) is 0 Å². The van der Waals surface area contributed by atoms with E-state index in [4.69, 9.17) is 11.6 Å². The lowest BCUT2D eigenvalue weighted by Gasteiger charge is -2.04. The number of hydrogen-bond acceptors (Lipinski definition) is 2. The molecule has 0 aliphatic rings. The first-order chi connectivity index (χ1) is 11.2. The van der Waals surface area contributed by atoms with E-state index in [0.717, 1.165) is 21.8 Å². The Kier molecular flexibility index (Phi) is 3.24. The first-order valence-corrected chi connectivity index (χ1v) is 7.51. The molecule has 2 N–H and O–H groups in total. The topological polar surface area (TPSA) is 57.8 Å². The van der Waals surface area contributed by atoms with Gasteiger partial charge in [-0.2, -0.15) is 0 Å². The van der Waals surface area contributed by atoms with Crippen LogP contribution in [0.1, 0.15) is 10.5 Å². The highest BCUT2D eigenvalue weighted by Crippen LogP contribution is 2.21. The van der Waals surface area contributed by atoms with E-state index in [1.54, 1.807) is 24.4 Å². The Balaban J connectivity index is 1.64. The average molecular weight is 322 g/mol. The maximum atomic E-state index is 12.4.